The summed E-state index contributed by atoms with van der Waals surface area (Å²) in [4.78, 5) is 14.2. The van der Waals surface area contributed by atoms with Gasteiger partial charge in [-0.25, -0.2) is 4.68 Å². The third-order valence-corrected chi connectivity index (χ3v) is 4.48. The largest absolute Gasteiger partial charge is 0.471 e. The summed E-state index contributed by atoms with van der Waals surface area (Å²) >= 11 is 0. The van der Waals surface area contributed by atoms with E-state index in [9.17, 15) is 4.79 Å². The minimum Gasteiger partial charge on any atom is -0.471 e. The normalized spacial score (nSPS) is 14.1. The molecule has 6 nitrogen and oxygen atoms in total. The third-order valence-electron chi connectivity index (χ3n) is 4.48. The second-order valence-corrected chi connectivity index (χ2v) is 6.31. The summed E-state index contributed by atoms with van der Waals surface area (Å²) in [5, 5.41) is 4.33. The molecule has 1 aliphatic heterocycles. The molecule has 138 valence electrons. The molecular weight excluding hydrogens is 342 g/mol. The Morgan fingerprint density at radius 1 is 0.963 bits per heavy atom. The fourth-order valence-electron chi connectivity index (χ4n) is 2.99. The minimum atomic E-state index is -0.0655. The lowest BCUT2D eigenvalue weighted by molar-refractivity contribution is 0.0298. The molecule has 2 aromatic carbocycles. The number of aromatic nitrogens is 2. The van der Waals surface area contributed by atoms with Crippen molar-refractivity contribution < 1.29 is 14.3 Å². The van der Waals surface area contributed by atoms with Crippen LogP contribution in [0.15, 0.2) is 66.9 Å². The number of hydrogen-bond acceptors (Lipinski definition) is 4. The van der Waals surface area contributed by atoms with Crippen LogP contribution in [0.5, 0.6) is 5.75 Å². The first-order valence-corrected chi connectivity index (χ1v) is 8.98. The maximum Gasteiger partial charge on any atom is 0.274 e. The molecule has 0 spiro atoms. The minimum absolute atomic E-state index is 0.0655. The van der Waals surface area contributed by atoms with E-state index in [0.717, 1.165) is 11.3 Å². The van der Waals surface area contributed by atoms with Gasteiger partial charge in [-0.15, -0.1) is 0 Å². The standard InChI is InChI=1S/C21H21N3O3/c25-21(23-12-14-26-15-13-23)20-10-11-24(22-20)16-27-19-8-6-18(7-9-19)17-4-2-1-3-5-17/h1-11H,12-16H2. The molecule has 1 aliphatic rings. The maximum absolute atomic E-state index is 12.4. The summed E-state index contributed by atoms with van der Waals surface area (Å²) in [6.07, 6.45) is 1.76. The van der Waals surface area contributed by atoms with Crippen LogP contribution in [0.25, 0.3) is 11.1 Å². The molecule has 0 bridgehead atoms. The van der Waals surface area contributed by atoms with Gasteiger partial charge in [-0.3, -0.25) is 4.79 Å². The molecule has 0 N–H and O–H groups in total. The van der Waals surface area contributed by atoms with Crippen LogP contribution in [0.2, 0.25) is 0 Å². The van der Waals surface area contributed by atoms with Crippen molar-refractivity contribution in [3.8, 4) is 16.9 Å². The Labute approximate surface area is 157 Å². The molecule has 0 unspecified atom stereocenters. The van der Waals surface area contributed by atoms with E-state index in [1.807, 2.05) is 42.5 Å². The summed E-state index contributed by atoms with van der Waals surface area (Å²) in [7, 11) is 0. The van der Waals surface area contributed by atoms with Gasteiger partial charge in [0.05, 0.1) is 13.2 Å². The molecule has 4 rings (SSSR count). The first-order chi connectivity index (χ1) is 13.3. The Morgan fingerprint density at radius 3 is 2.41 bits per heavy atom. The molecule has 0 saturated carbocycles. The van der Waals surface area contributed by atoms with Crippen molar-refractivity contribution >= 4 is 5.91 Å². The van der Waals surface area contributed by atoms with Crippen LogP contribution in [-0.2, 0) is 11.5 Å². The number of benzene rings is 2. The highest BCUT2D eigenvalue weighted by molar-refractivity contribution is 5.92. The molecule has 1 aromatic heterocycles. The van der Waals surface area contributed by atoms with Gasteiger partial charge in [0.15, 0.2) is 12.4 Å². The Bertz CT molecular complexity index is 885. The van der Waals surface area contributed by atoms with E-state index in [1.54, 1.807) is 21.8 Å². The van der Waals surface area contributed by atoms with E-state index in [1.165, 1.54) is 5.56 Å². The van der Waals surface area contributed by atoms with E-state index >= 15 is 0 Å². The zero-order valence-electron chi connectivity index (χ0n) is 15.0. The van der Waals surface area contributed by atoms with E-state index in [2.05, 4.69) is 17.2 Å². The average molecular weight is 363 g/mol. The van der Waals surface area contributed by atoms with Gasteiger partial charge in [0.2, 0.25) is 0 Å². The first kappa shape index (κ1) is 17.3. The van der Waals surface area contributed by atoms with Crippen molar-refractivity contribution in [1.29, 1.82) is 0 Å². The van der Waals surface area contributed by atoms with Crippen LogP contribution in [0.1, 0.15) is 10.5 Å². The summed E-state index contributed by atoms with van der Waals surface area (Å²) in [6.45, 7) is 2.62. The molecule has 2 heterocycles. The van der Waals surface area contributed by atoms with Gasteiger partial charge in [0, 0.05) is 19.3 Å². The number of amides is 1. The van der Waals surface area contributed by atoms with Gasteiger partial charge < -0.3 is 14.4 Å². The lowest BCUT2D eigenvalue weighted by Crippen LogP contribution is -2.40. The van der Waals surface area contributed by atoms with Crippen molar-refractivity contribution in [3.05, 3.63) is 72.6 Å². The lowest BCUT2D eigenvalue weighted by atomic mass is 10.1. The number of rotatable bonds is 5. The molecule has 27 heavy (non-hydrogen) atoms. The highest BCUT2D eigenvalue weighted by Crippen LogP contribution is 2.22. The fourth-order valence-corrected chi connectivity index (χ4v) is 2.99. The van der Waals surface area contributed by atoms with Gasteiger partial charge in [0.1, 0.15) is 5.75 Å². The van der Waals surface area contributed by atoms with Crippen molar-refractivity contribution in [2.24, 2.45) is 0 Å². The monoisotopic (exact) mass is 363 g/mol. The molecule has 0 radical (unpaired) electrons. The number of carbonyl (C=O) groups is 1. The van der Waals surface area contributed by atoms with Gasteiger partial charge in [-0.2, -0.15) is 5.10 Å². The summed E-state index contributed by atoms with van der Waals surface area (Å²) in [6, 6.07) is 19.8. The fraction of sp³-hybridized carbons (Fsp3) is 0.238. The van der Waals surface area contributed by atoms with Crippen LogP contribution in [0.4, 0.5) is 0 Å². The van der Waals surface area contributed by atoms with E-state index in [4.69, 9.17) is 9.47 Å². The van der Waals surface area contributed by atoms with Crippen LogP contribution >= 0.6 is 0 Å². The summed E-state index contributed by atoms with van der Waals surface area (Å²) in [5.41, 5.74) is 2.74. The smallest absolute Gasteiger partial charge is 0.274 e. The van der Waals surface area contributed by atoms with Crippen molar-refractivity contribution in [2.45, 2.75) is 6.73 Å². The predicted molar refractivity (Wildman–Crippen MR) is 101 cm³/mol. The SMILES string of the molecule is O=C(c1ccn(COc2ccc(-c3ccccc3)cc2)n1)N1CCOCC1. The van der Waals surface area contributed by atoms with Crippen molar-refractivity contribution in [1.82, 2.24) is 14.7 Å². The zero-order chi connectivity index (χ0) is 18.5. The predicted octanol–water partition coefficient (Wildman–Crippen LogP) is 3.06. The molecule has 1 fully saturated rings. The quantitative estimate of drug-likeness (QED) is 0.699. The summed E-state index contributed by atoms with van der Waals surface area (Å²) in [5.74, 6) is 0.690. The van der Waals surface area contributed by atoms with Gasteiger partial charge >= 0.3 is 0 Å². The Hall–Kier alpha value is -3.12. The second kappa shape index (κ2) is 8.05. The molecule has 6 heteroatoms. The molecule has 1 saturated heterocycles. The Morgan fingerprint density at radius 2 is 1.67 bits per heavy atom. The van der Waals surface area contributed by atoms with Crippen LogP contribution in [0.3, 0.4) is 0 Å². The number of carbonyl (C=O) groups excluding carboxylic acids is 1. The Kier molecular flexibility index (Phi) is 5.16. The first-order valence-electron chi connectivity index (χ1n) is 8.98. The van der Waals surface area contributed by atoms with Gasteiger partial charge in [-0.1, -0.05) is 42.5 Å². The lowest BCUT2D eigenvalue weighted by Gasteiger charge is -2.25. The zero-order valence-corrected chi connectivity index (χ0v) is 15.0. The number of ether oxygens (including phenoxy) is 2. The second-order valence-electron chi connectivity index (χ2n) is 6.31. The van der Waals surface area contributed by atoms with Crippen LogP contribution in [-0.4, -0.2) is 46.9 Å². The van der Waals surface area contributed by atoms with Gasteiger partial charge in [0.25, 0.3) is 5.91 Å². The highest BCUT2D eigenvalue weighted by Gasteiger charge is 2.20. The molecule has 3 aromatic rings. The topological polar surface area (TPSA) is 56.6 Å². The maximum atomic E-state index is 12.4. The molecule has 0 aliphatic carbocycles. The Balaban J connectivity index is 1.35. The van der Waals surface area contributed by atoms with E-state index in [0.29, 0.717) is 32.0 Å². The van der Waals surface area contributed by atoms with Crippen LogP contribution < -0.4 is 4.74 Å². The van der Waals surface area contributed by atoms with Crippen molar-refractivity contribution in [2.75, 3.05) is 26.3 Å². The molecular formula is C21H21N3O3. The van der Waals surface area contributed by atoms with E-state index < -0.39 is 0 Å². The molecule has 1 amide bonds. The number of hydrogen-bond donors (Lipinski definition) is 0. The van der Waals surface area contributed by atoms with Crippen LogP contribution in [0, 0.1) is 0 Å². The highest BCUT2D eigenvalue weighted by atomic mass is 16.5. The molecule has 0 atom stereocenters. The summed E-state index contributed by atoms with van der Waals surface area (Å²) < 4.78 is 12.7. The third kappa shape index (κ3) is 4.17. The van der Waals surface area contributed by atoms with Gasteiger partial charge in [-0.05, 0) is 29.3 Å². The number of nitrogens with zero attached hydrogens (tertiary/aromatic N) is 3. The van der Waals surface area contributed by atoms with E-state index in [-0.39, 0.29) is 12.6 Å². The van der Waals surface area contributed by atoms with Crippen molar-refractivity contribution in [3.63, 3.8) is 0 Å². The number of morpholine rings is 1. The average Bonchev–Trinajstić information content (AvgIpc) is 3.22.